The Labute approximate surface area is 109 Å². The normalized spacial score (nSPS) is 25.6. The second-order valence-electron chi connectivity index (χ2n) is 5.27. The van der Waals surface area contributed by atoms with Gasteiger partial charge in [-0.2, -0.15) is 0 Å². The van der Waals surface area contributed by atoms with Crippen molar-refractivity contribution in [3.63, 3.8) is 0 Å². The Hall–Kier alpha value is -1.13. The number of hydrogen-bond acceptors (Lipinski definition) is 4. The SMILES string of the molecule is c1ccc(N2CCN(C[C@@H]3CCCN3)CC2)nc1. The number of pyridine rings is 1. The van der Waals surface area contributed by atoms with Gasteiger partial charge in [-0.25, -0.2) is 4.98 Å². The molecular weight excluding hydrogens is 224 g/mol. The van der Waals surface area contributed by atoms with E-state index in [1.807, 2.05) is 12.3 Å². The van der Waals surface area contributed by atoms with Crippen molar-refractivity contribution in [2.75, 3.05) is 44.2 Å². The molecule has 0 unspecified atom stereocenters. The predicted molar refractivity (Wildman–Crippen MR) is 73.9 cm³/mol. The summed E-state index contributed by atoms with van der Waals surface area (Å²) in [5.74, 6) is 1.12. The standard InChI is InChI=1S/C14H22N4/c1-2-6-16-14(5-1)18-10-8-17(9-11-18)12-13-4-3-7-15-13/h1-2,5-6,13,15H,3-4,7-12H2/t13-/m0/s1. The number of rotatable bonds is 3. The third-order valence-electron chi connectivity index (χ3n) is 3.99. The first-order valence-corrected chi connectivity index (χ1v) is 7.03. The fourth-order valence-electron chi connectivity index (χ4n) is 2.92. The van der Waals surface area contributed by atoms with Gasteiger partial charge in [0.2, 0.25) is 0 Å². The summed E-state index contributed by atoms with van der Waals surface area (Å²) in [5.41, 5.74) is 0. The molecule has 2 aliphatic heterocycles. The molecule has 1 aromatic rings. The van der Waals surface area contributed by atoms with Crippen molar-refractivity contribution >= 4 is 5.82 Å². The summed E-state index contributed by atoms with van der Waals surface area (Å²) in [6.07, 6.45) is 4.57. The quantitative estimate of drug-likeness (QED) is 0.860. The first-order valence-electron chi connectivity index (χ1n) is 7.03. The Kier molecular flexibility index (Phi) is 3.76. The first kappa shape index (κ1) is 11.9. The molecule has 0 aliphatic carbocycles. The van der Waals surface area contributed by atoms with Crippen molar-refractivity contribution < 1.29 is 0 Å². The van der Waals surface area contributed by atoms with Crippen LogP contribution in [0.3, 0.4) is 0 Å². The molecule has 4 heteroatoms. The lowest BCUT2D eigenvalue weighted by Gasteiger charge is -2.36. The van der Waals surface area contributed by atoms with Gasteiger partial charge in [-0.15, -0.1) is 0 Å². The number of nitrogens with one attached hydrogen (secondary N) is 1. The van der Waals surface area contributed by atoms with Crippen LogP contribution in [0.15, 0.2) is 24.4 Å². The third-order valence-corrected chi connectivity index (χ3v) is 3.99. The van der Waals surface area contributed by atoms with Crippen molar-refractivity contribution in [1.29, 1.82) is 0 Å². The Bertz CT molecular complexity index is 353. The summed E-state index contributed by atoms with van der Waals surface area (Å²) in [5, 5.41) is 3.58. The van der Waals surface area contributed by atoms with Crippen molar-refractivity contribution in [2.45, 2.75) is 18.9 Å². The molecule has 0 saturated carbocycles. The minimum absolute atomic E-state index is 0.728. The first-order chi connectivity index (χ1) is 8.92. The van der Waals surface area contributed by atoms with Gasteiger partial charge in [-0.1, -0.05) is 6.07 Å². The zero-order chi connectivity index (χ0) is 12.2. The van der Waals surface area contributed by atoms with Crippen LogP contribution < -0.4 is 10.2 Å². The minimum atomic E-state index is 0.728. The van der Waals surface area contributed by atoms with Gasteiger partial charge in [-0.05, 0) is 31.5 Å². The van der Waals surface area contributed by atoms with E-state index in [0.29, 0.717) is 0 Å². The summed E-state index contributed by atoms with van der Waals surface area (Å²) in [6.45, 7) is 6.95. The molecule has 1 atom stereocenters. The topological polar surface area (TPSA) is 31.4 Å². The maximum Gasteiger partial charge on any atom is 0.128 e. The highest BCUT2D eigenvalue weighted by Crippen LogP contribution is 2.14. The van der Waals surface area contributed by atoms with Crippen LogP contribution in [0.2, 0.25) is 0 Å². The van der Waals surface area contributed by atoms with Crippen molar-refractivity contribution in [3.05, 3.63) is 24.4 Å². The molecule has 0 aromatic carbocycles. The maximum atomic E-state index is 4.43. The van der Waals surface area contributed by atoms with Gasteiger partial charge in [0.05, 0.1) is 0 Å². The second-order valence-corrected chi connectivity index (χ2v) is 5.27. The maximum absolute atomic E-state index is 4.43. The zero-order valence-corrected chi connectivity index (χ0v) is 10.9. The Morgan fingerprint density at radius 2 is 2.11 bits per heavy atom. The number of aromatic nitrogens is 1. The Morgan fingerprint density at radius 1 is 1.22 bits per heavy atom. The smallest absolute Gasteiger partial charge is 0.128 e. The molecule has 0 amide bonds. The highest BCUT2D eigenvalue weighted by atomic mass is 15.3. The van der Waals surface area contributed by atoms with Crippen LogP contribution in [0, 0.1) is 0 Å². The molecule has 0 radical (unpaired) electrons. The molecule has 98 valence electrons. The number of anilines is 1. The van der Waals surface area contributed by atoms with Crippen LogP contribution >= 0.6 is 0 Å². The van der Waals surface area contributed by atoms with Gasteiger partial charge in [0.25, 0.3) is 0 Å². The zero-order valence-electron chi connectivity index (χ0n) is 10.9. The lowest BCUT2D eigenvalue weighted by atomic mass is 10.2. The van der Waals surface area contributed by atoms with Gasteiger partial charge >= 0.3 is 0 Å². The minimum Gasteiger partial charge on any atom is -0.354 e. The van der Waals surface area contributed by atoms with Crippen LogP contribution in [0.25, 0.3) is 0 Å². The average Bonchev–Trinajstić information content (AvgIpc) is 2.94. The lowest BCUT2D eigenvalue weighted by Crippen LogP contribution is -2.50. The van der Waals surface area contributed by atoms with Gasteiger partial charge in [-0.3, -0.25) is 4.90 Å². The third kappa shape index (κ3) is 2.82. The predicted octanol–water partition coefficient (Wildman–Crippen LogP) is 0.956. The van der Waals surface area contributed by atoms with Crippen LogP contribution in [-0.2, 0) is 0 Å². The molecule has 2 aliphatic rings. The highest BCUT2D eigenvalue weighted by molar-refractivity contribution is 5.38. The van der Waals surface area contributed by atoms with Crippen molar-refractivity contribution in [2.24, 2.45) is 0 Å². The number of piperazine rings is 1. The molecule has 3 rings (SSSR count). The molecule has 1 aromatic heterocycles. The summed E-state index contributed by atoms with van der Waals surface area (Å²) in [4.78, 5) is 9.40. The Morgan fingerprint density at radius 3 is 2.78 bits per heavy atom. The molecule has 4 nitrogen and oxygen atoms in total. The fourth-order valence-corrected chi connectivity index (χ4v) is 2.92. The highest BCUT2D eigenvalue weighted by Gasteiger charge is 2.22. The molecule has 18 heavy (non-hydrogen) atoms. The molecule has 0 bridgehead atoms. The van der Waals surface area contributed by atoms with E-state index in [2.05, 4.69) is 32.2 Å². The van der Waals surface area contributed by atoms with Crippen LogP contribution in [0.4, 0.5) is 5.82 Å². The molecule has 2 fully saturated rings. The van der Waals surface area contributed by atoms with E-state index in [1.54, 1.807) is 0 Å². The monoisotopic (exact) mass is 246 g/mol. The van der Waals surface area contributed by atoms with Crippen LogP contribution in [-0.4, -0.2) is 55.2 Å². The molecule has 2 saturated heterocycles. The average molecular weight is 246 g/mol. The summed E-state index contributed by atoms with van der Waals surface area (Å²) in [7, 11) is 0. The summed E-state index contributed by atoms with van der Waals surface area (Å²) < 4.78 is 0. The number of hydrogen-bond donors (Lipinski definition) is 1. The lowest BCUT2D eigenvalue weighted by molar-refractivity contribution is 0.235. The van der Waals surface area contributed by atoms with E-state index in [4.69, 9.17) is 0 Å². The largest absolute Gasteiger partial charge is 0.354 e. The van der Waals surface area contributed by atoms with Crippen LogP contribution in [0.1, 0.15) is 12.8 Å². The van der Waals surface area contributed by atoms with E-state index in [0.717, 1.165) is 38.0 Å². The van der Waals surface area contributed by atoms with E-state index in [1.165, 1.54) is 25.9 Å². The van der Waals surface area contributed by atoms with Gasteiger partial charge in [0.15, 0.2) is 0 Å². The van der Waals surface area contributed by atoms with Gasteiger partial charge in [0.1, 0.15) is 5.82 Å². The summed E-state index contributed by atoms with van der Waals surface area (Å²) in [6, 6.07) is 6.88. The van der Waals surface area contributed by atoms with Crippen molar-refractivity contribution in [3.8, 4) is 0 Å². The van der Waals surface area contributed by atoms with Crippen molar-refractivity contribution in [1.82, 2.24) is 15.2 Å². The second kappa shape index (κ2) is 5.67. The van der Waals surface area contributed by atoms with E-state index in [9.17, 15) is 0 Å². The summed E-state index contributed by atoms with van der Waals surface area (Å²) >= 11 is 0. The molecular formula is C14H22N4. The van der Waals surface area contributed by atoms with Crippen LogP contribution in [0.5, 0.6) is 0 Å². The van der Waals surface area contributed by atoms with Gasteiger partial charge in [0, 0.05) is 45.0 Å². The molecule has 3 heterocycles. The fraction of sp³-hybridized carbons (Fsp3) is 0.643. The van der Waals surface area contributed by atoms with E-state index >= 15 is 0 Å². The number of nitrogens with zero attached hydrogens (tertiary/aromatic N) is 3. The van der Waals surface area contributed by atoms with Gasteiger partial charge < -0.3 is 10.2 Å². The van der Waals surface area contributed by atoms with E-state index in [-0.39, 0.29) is 0 Å². The molecule has 0 spiro atoms. The van der Waals surface area contributed by atoms with E-state index < -0.39 is 0 Å². The molecule has 1 N–H and O–H groups in total. The Balaban J connectivity index is 1.49.